The van der Waals surface area contributed by atoms with Crippen molar-refractivity contribution >= 4 is 5.91 Å². The highest BCUT2D eigenvalue weighted by atomic mass is 19.4. The monoisotopic (exact) mass is 412 g/mol. The molecule has 2 aromatic rings. The number of benzene rings is 1. The Morgan fingerprint density at radius 2 is 2.14 bits per heavy atom. The number of ether oxygens (including phenoxy) is 3. The number of hydrogen-bond acceptors (Lipinski definition) is 6. The minimum absolute atomic E-state index is 0.00556. The van der Waals surface area contributed by atoms with Gasteiger partial charge in [-0.3, -0.25) is 4.79 Å². The molecule has 1 amide bonds. The Morgan fingerprint density at radius 1 is 1.34 bits per heavy atom. The van der Waals surface area contributed by atoms with Gasteiger partial charge in [0.2, 0.25) is 6.79 Å². The SMILES string of the molecule is C[C@H](Oc1ccc2c(c1)OCO2)C(=O)NCc1nnc2n1C[C@@H](C(F)(F)F)CC2. The summed E-state index contributed by atoms with van der Waals surface area (Å²) in [4.78, 5) is 12.3. The maximum atomic E-state index is 13.0. The van der Waals surface area contributed by atoms with Crippen LogP contribution in [0.25, 0.3) is 0 Å². The van der Waals surface area contributed by atoms with Crippen molar-refractivity contribution in [2.45, 2.75) is 45.1 Å². The molecule has 11 heteroatoms. The van der Waals surface area contributed by atoms with E-state index in [-0.39, 0.29) is 38.5 Å². The Bertz CT molecular complexity index is 915. The number of aromatic nitrogens is 3. The zero-order valence-corrected chi connectivity index (χ0v) is 15.5. The molecule has 0 unspecified atom stereocenters. The van der Waals surface area contributed by atoms with Gasteiger partial charge in [0.15, 0.2) is 23.4 Å². The van der Waals surface area contributed by atoms with Crippen LogP contribution in [-0.2, 0) is 24.3 Å². The molecule has 2 aliphatic rings. The molecular formula is C18H19F3N4O4. The molecule has 0 spiro atoms. The third-order valence-electron chi connectivity index (χ3n) is 4.93. The molecule has 1 N–H and O–H groups in total. The number of rotatable bonds is 5. The molecule has 2 atom stereocenters. The Balaban J connectivity index is 1.35. The summed E-state index contributed by atoms with van der Waals surface area (Å²) in [5.74, 6) is 0.492. The molecule has 0 fully saturated rings. The molecule has 1 aromatic carbocycles. The molecule has 0 saturated heterocycles. The van der Waals surface area contributed by atoms with Gasteiger partial charge >= 0.3 is 6.18 Å². The van der Waals surface area contributed by atoms with E-state index in [1.54, 1.807) is 25.1 Å². The van der Waals surface area contributed by atoms with Crippen molar-refractivity contribution in [1.82, 2.24) is 20.1 Å². The van der Waals surface area contributed by atoms with Gasteiger partial charge in [0.05, 0.1) is 12.5 Å². The molecular weight excluding hydrogens is 393 g/mol. The third-order valence-corrected chi connectivity index (χ3v) is 4.93. The molecule has 0 aliphatic carbocycles. The maximum absolute atomic E-state index is 13.0. The van der Waals surface area contributed by atoms with Crippen LogP contribution >= 0.6 is 0 Å². The van der Waals surface area contributed by atoms with E-state index in [1.165, 1.54) is 4.57 Å². The second-order valence-corrected chi connectivity index (χ2v) is 6.91. The summed E-state index contributed by atoms with van der Waals surface area (Å²) in [6.45, 7) is 1.43. The summed E-state index contributed by atoms with van der Waals surface area (Å²) >= 11 is 0. The van der Waals surface area contributed by atoms with E-state index in [0.29, 0.717) is 23.1 Å². The van der Waals surface area contributed by atoms with Crippen LogP contribution < -0.4 is 19.5 Å². The first-order chi connectivity index (χ1) is 13.8. The normalized spacial score (nSPS) is 18.8. The zero-order chi connectivity index (χ0) is 20.6. The lowest BCUT2D eigenvalue weighted by Crippen LogP contribution is -2.37. The van der Waals surface area contributed by atoms with Gasteiger partial charge in [0.25, 0.3) is 5.91 Å². The number of halogens is 3. The van der Waals surface area contributed by atoms with Crippen molar-refractivity contribution in [2.75, 3.05) is 6.79 Å². The first-order valence-corrected chi connectivity index (χ1v) is 9.13. The highest BCUT2D eigenvalue weighted by molar-refractivity contribution is 5.80. The van der Waals surface area contributed by atoms with Gasteiger partial charge in [-0.25, -0.2) is 0 Å². The minimum atomic E-state index is -4.27. The number of fused-ring (bicyclic) bond motifs is 2. The van der Waals surface area contributed by atoms with Gasteiger partial charge in [0.1, 0.15) is 11.6 Å². The van der Waals surface area contributed by atoms with Gasteiger partial charge in [-0.05, 0) is 25.5 Å². The first kappa shape index (κ1) is 19.3. The highest BCUT2D eigenvalue weighted by Crippen LogP contribution is 2.36. The zero-order valence-electron chi connectivity index (χ0n) is 15.5. The van der Waals surface area contributed by atoms with Crippen LogP contribution in [0.1, 0.15) is 25.0 Å². The summed E-state index contributed by atoms with van der Waals surface area (Å²) in [5, 5.41) is 10.5. The van der Waals surface area contributed by atoms with Crippen LogP contribution in [0.5, 0.6) is 17.2 Å². The molecule has 3 heterocycles. The second kappa shape index (κ2) is 7.45. The largest absolute Gasteiger partial charge is 0.481 e. The van der Waals surface area contributed by atoms with Gasteiger partial charge in [-0.1, -0.05) is 0 Å². The van der Waals surface area contributed by atoms with Crippen LogP contribution in [0, 0.1) is 5.92 Å². The average molecular weight is 412 g/mol. The van der Waals surface area contributed by atoms with Crippen LogP contribution in [0.4, 0.5) is 13.2 Å². The summed E-state index contributed by atoms with van der Waals surface area (Å²) in [5.41, 5.74) is 0. The molecule has 29 heavy (non-hydrogen) atoms. The van der Waals surface area contributed by atoms with Crippen molar-refractivity contribution in [1.29, 1.82) is 0 Å². The van der Waals surface area contributed by atoms with E-state index in [1.807, 2.05) is 0 Å². The third kappa shape index (κ3) is 4.08. The fourth-order valence-corrected chi connectivity index (χ4v) is 3.30. The number of nitrogens with zero attached hydrogens (tertiary/aromatic N) is 3. The number of carbonyl (C=O) groups excluding carboxylic acids is 1. The van der Waals surface area contributed by atoms with Crippen molar-refractivity contribution in [3.8, 4) is 17.2 Å². The van der Waals surface area contributed by atoms with E-state index in [4.69, 9.17) is 14.2 Å². The summed E-state index contributed by atoms with van der Waals surface area (Å²) in [7, 11) is 0. The Hall–Kier alpha value is -2.98. The van der Waals surface area contributed by atoms with E-state index in [9.17, 15) is 18.0 Å². The lowest BCUT2D eigenvalue weighted by atomic mass is 9.99. The van der Waals surface area contributed by atoms with Crippen molar-refractivity contribution in [3.05, 3.63) is 29.8 Å². The van der Waals surface area contributed by atoms with E-state index >= 15 is 0 Å². The van der Waals surface area contributed by atoms with Crippen LogP contribution in [-0.4, -0.2) is 39.7 Å². The number of aryl methyl sites for hydroxylation is 1. The van der Waals surface area contributed by atoms with E-state index < -0.39 is 24.1 Å². The molecule has 156 valence electrons. The van der Waals surface area contributed by atoms with E-state index in [2.05, 4.69) is 15.5 Å². The van der Waals surface area contributed by atoms with Gasteiger partial charge in [-0.2, -0.15) is 13.2 Å². The minimum Gasteiger partial charge on any atom is -0.481 e. The predicted molar refractivity (Wildman–Crippen MR) is 92.4 cm³/mol. The molecule has 0 radical (unpaired) electrons. The smallest absolute Gasteiger partial charge is 0.393 e. The molecule has 2 aliphatic heterocycles. The van der Waals surface area contributed by atoms with E-state index in [0.717, 1.165) is 0 Å². The Labute approximate surface area is 164 Å². The van der Waals surface area contributed by atoms with Gasteiger partial charge in [-0.15, -0.1) is 10.2 Å². The van der Waals surface area contributed by atoms with Gasteiger partial charge < -0.3 is 24.1 Å². The second-order valence-electron chi connectivity index (χ2n) is 6.91. The van der Waals surface area contributed by atoms with Crippen LogP contribution in [0.3, 0.4) is 0 Å². The molecule has 4 rings (SSSR count). The number of carbonyl (C=O) groups is 1. The standard InChI is InChI=1S/C18H19F3N4O4/c1-10(29-12-3-4-13-14(6-12)28-9-27-13)17(26)22-7-16-24-23-15-5-2-11(8-25(15)16)18(19,20)21/h3-4,6,10-11H,2,5,7-9H2,1H3,(H,22,26)/t10-,11-/m0/s1. The fourth-order valence-electron chi connectivity index (χ4n) is 3.30. The van der Waals surface area contributed by atoms with Crippen LogP contribution in [0.15, 0.2) is 18.2 Å². The first-order valence-electron chi connectivity index (χ1n) is 9.13. The number of nitrogens with one attached hydrogen (secondary N) is 1. The number of hydrogen-bond donors (Lipinski definition) is 1. The quantitative estimate of drug-likeness (QED) is 0.810. The Morgan fingerprint density at radius 3 is 2.93 bits per heavy atom. The van der Waals surface area contributed by atoms with Crippen molar-refractivity contribution < 1.29 is 32.2 Å². The lowest BCUT2D eigenvalue weighted by molar-refractivity contribution is -0.182. The number of amides is 1. The van der Waals surface area contributed by atoms with Crippen LogP contribution in [0.2, 0.25) is 0 Å². The maximum Gasteiger partial charge on any atom is 0.393 e. The topological polar surface area (TPSA) is 87.5 Å². The van der Waals surface area contributed by atoms with Crippen molar-refractivity contribution in [2.24, 2.45) is 5.92 Å². The summed E-state index contributed by atoms with van der Waals surface area (Å²) in [6.07, 6.45) is -4.90. The van der Waals surface area contributed by atoms with Crippen molar-refractivity contribution in [3.63, 3.8) is 0 Å². The summed E-state index contributed by atoms with van der Waals surface area (Å²) in [6, 6.07) is 4.96. The molecule has 0 bridgehead atoms. The summed E-state index contributed by atoms with van der Waals surface area (Å²) < 4.78 is 56.6. The van der Waals surface area contributed by atoms with Gasteiger partial charge in [0, 0.05) is 19.0 Å². The molecule has 1 aromatic heterocycles. The number of alkyl halides is 3. The molecule has 8 nitrogen and oxygen atoms in total. The predicted octanol–water partition coefficient (Wildman–Crippen LogP) is 2.22. The highest BCUT2D eigenvalue weighted by Gasteiger charge is 2.42. The lowest BCUT2D eigenvalue weighted by Gasteiger charge is -2.26. The Kier molecular flexibility index (Phi) is 4.97. The molecule has 0 saturated carbocycles. The fraction of sp³-hybridized carbons (Fsp3) is 0.500. The average Bonchev–Trinajstić information content (AvgIpc) is 3.31.